The average molecular weight is 377 g/mol. The number of rotatable bonds is 5. The lowest BCUT2D eigenvalue weighted by Gasteiger charge is -2.12. The maximum absolute atomic E-state index is 12.3. The minimum Gasteiger partial charge on any atom is -0.395 e. The highest BCUT2D eigenvalue weighted by atomic mass is 32.2. The number of anilines is 1. The summed E-state index contributed by atoms with van der Waals surface area (Å²) in [5.74, 6) is -2.11. The van der Waals surface area contributed by atoms with Gasteiger partial charge in [0, 0.05) is 6.07 Å². The molecule has 0 atom stereocenters. The standard InChI is InChI=1S/C16H15N3O6S/c17-14-13-11(15(22)18-16(13)23)7-12(21)19(14)10-3-1-9(2-4-10)8-26(24,25)6-5-20/h1-4,7,20H,5-6,8,17H2,(H,18,22,23). The molecule has 0 saturated heterocycles. The number of aromatic nitrogens is 1. The lowest BCUT2D eigenvalue weighted by Crippen LogP contribution is -2.24. The van der Waals surface area contributed by atoms with Gasteiger partial charge < -0.3 is 10.8 Å². The van der Waals surface area contributed by atoms with E-state index in [1.807, 2.05) is 0 Å². The number of pyridine rings is 1. The summed E-state index contributed by atoms with van der Waals surface area (Å²) >= 11 is 0. The number of nitrogens with zero attached hydrogens (tertiary/aromatic N) is 1. The van der Waals surface area contributed by atoms with Crippen LogP contribution in [0.2, 0.25) is 0 Å². The number of carbonyl (C=O) groups is 2. The zero-order valence-corrected chi connectivity index (χ0v) is 14.2. The van der Waals surface area contributed by atoms with Crippen LogP contribution in [-0.2, 0) is 15.6 Å². The number of hydrogen-bond donors (Lipinski definition) is 3. The third-order valence-corrected chi connectivity index (χ3v) is 5.51. The normalized spacial score (nSPS) is 13.6. The Morgan fingerprint density at radius 1 is 1.08 bits per heavy atom. The van der Waals surface area contributed by atoms with Crippen LogP contribution < -0.4 is 16.6 Å². The molecular weight excluding hydrogens is 362 g/mol. The van der Waals surface area contributed by atoms with E-state index in [1.165, 1.54) is 24.3 Å². The predicted octanol–water partition coefficient (Wildman–Crippen LogP) is -0.790. The number of hydrogen-bond acceptors (Lipinski definition) is 7. The molecule has 0 radical (unpaired) electrons. The monoisotopic (exact) mass is 377 g/mol. The van der Waals surface area contributed by atoms with Crippen molar-refractivity contribution in [1.82, 2.24) is 9.88 Å². The molecule has 0 aliphatic carbocycles. The summed E-state index contributed by atoms with van der Waals surface area (Å²) in [6.45, 7) is -0.456. The van der Waals surface area contributed by atoms with Crippen molar-refractivity contribution >= 4 is 27.5 Å². The summed E-state index contributed by atoms with van der Waals surface area (Å²) in [7, 11) is -3.43. The molecule has 1 aromatic carbocycles. The van der Waals surface area contributed by atoms with Gasteiger partial charge in [-0.25, -0.2) is 8.42 Å². The second kappa shape index (κ2) is 6.39. The summed E-state index contributed by atoms with van der Waals surface area (Å²) in [6, 6.07) is 7.03. The summed E-state index contributed by atoms with van der Waals surface area (Å²) in [5.41, 5.74) is 6.00. The molecule has 136 valence electrons. The van der Waals surface area contributed by atoms with Crippen LogP contribution in [0.4, 0.5) is 5.82 Å². The number of nitrogens with two attached hydrogens (primary N) is 1. The zero-order valence-electron chi connectivity index (χ0n) is 13.4. The van der Waals surface area contributed by atoms with Crippen LogP contribution in [0.5, 0.6) is 0 Å². The van der Waals surface area contributed by atoms with Crippen LogP contribution in [0.25, 0.3) is 5.69 Å². The quantitative estimate of drug-likeness (QED) is 0.578. The Hall–Kier alpha value is -2.98. The fourth-order valence-corrected chi connectivity index (χ4v) is 3.87. The van der Waals surface area contributed by atoms with E-state index in [0.29, 0.717) is 11.3 Å². The highest BCUT2D eigenvalue weighted by molar-refractivity contribution is 7.90. The lowest BCUT2D eigenvalue weighted by molar-refractivity contribution is 0.0880. The number of fused-ring (bicyclic) bond motifs is 1. The number of nitrogens with one attached hydrogen (secondary N) is 1. The fourth-order valence-electron chi connectivity index (χ4n) is 2.75. The van der Waals surface area contributed by atoms with Gasteiger partial charge in [-0.1, -0.05) is 12.1 Å². The van der Waals surface area contributed by atoms with E-state index in [9.17, 15) is 22.8 Å². The Morgan fingerprint density at radius 3 is 2.35 bits per heavy atom. The van der Waals surface area contributed by atoms with Crippen molar-refractivity contribution in [2.45, 2.75) is 5.75 Å². The van der Waals surface area contributed by atoms with Crippen molar-refractivity contribution in [3.8, 4) is 5.69 Å². The Balaban J connectivity index is 2.01. The predicted molar refractivity (Wildman–Crippen MR) is 92.8 cm³/mol. The number of aliphatic hydroxyl groups excluding tert-OH is 1. The molecular formula is C16H15N3O6S. The minimum absolute atomic E-state index is 0.0656. The largest absolute Gasteiger partial charge is 0.395 e. The number of sulfone groups is 1. The van der Waals surface area contributed by atoms with Crippen LogP contribution in [0, 0.1) is 0 Å². The molecule has 0 bridgehead atoms. The first-order valence-electron chi connectivity index (χ1n) is 7.55. The number of nitrogen functional groups attached to an aromatic ring is 1. The first-order valence-corrected chi connectivity index (χ1v) is 9.37. The molecule has 2 aromatic rings. The van der Waals surface area contributed by atoms with Crippen LogP contribution in [0.15, 0.2) is 35.1 Å². The Labute approximate surface area is 148 Å². The fraction of sp³-hybridized carbons (Fsp3) is 0.188. The molecule has 0 fully saturated rings. The van der Waals surface area contributed by atoms with Crippen molar-refractivity contribution in [1.29, 1.82) is 0 Å². The summed E-state index contributed by atoms with van der Waals surface area (Å²) in [5, 5.41) is 10.8. The van der Waals surface area contributed by atoms with Crippen LogP contribution >= 0.6 is 0 Å². The first-order chi connectivity index (χ1) is 12.2. The van der Waals surface area contributed by atoms with Gasteiger partial charge in [0.05, 0.1) is 34.9 Å². The van der Waals surface area contributed by atoms with Gasteiger partial charge in [-0.05, 0) is 17.7 Å². The van der Waals surface area contributed by atoms with Crippen LogP contribution in [0.3, 0.4) is 0 Å². The minimum atomic E-state index is -3.43. The highest BCUT2D eigenvalue weighted by Gasteiger charge is 2.31. The molecule has 26 heavy (non-hydrogen) atoms. The number of benzene rings is 1. The molecule has 2 heterocycles. The second-order valence-corrected chi connectivity index (χ2v) is 7.94. The van der Waals surface area contributed by atoms with Crippen molar-refractivity contribution in [3.63, 3.8) is 0 Å². The van der Waals surface area contributed by atoms with E-state index in [0.717, 1.165) is 10.6 Å². The van der Waals surface area contributed by atoms with Gasteiger partial charge in [0.2, 0.25) is 0 Å². The van der Waals surface area contributed by atoms with E-state index in [2.05, 4.69) is 5.32 Å². The topological polar surface area (TPSA) is 149 Å². The number of aliphatic hydroxyl groups is 1. The second-order valence-electron chi connectivity index (χ2n) is 5.76. The smallest absolute Gasteiger partial charge is 0.262 e. The molecule has 2 amide bonds. The SMILES string of the molecule is Nc1c2c(cc(=O)n1-c1ccc(CS(=O)(=O)CCO)cc1)C(=O)NC2=O. The van der Waals surface area contributed by atoms with E-state index < -0.39 is 33.8 Å². The van der Waals surface area contributed by atoms with Crippen molar-refractivity contribution in [2.75, 3.05) is 18.1 Å². The van der Waals surface area contributed by atoms with Gasteiger partial charge in [0.1, 0.15) is 5.82 Å². The summed E-state index contributed by atoms with van der Waals surface area (Å²) < 4.78 is 24.6. The van der Waals surface area contributed by atoms with E-state index in [-0.39, 0.29) is 28.5 Å². The van der Waals surface area contributed by atoms with Crippen LogP contribution in [-0.4, -0.2) is 42.3 Å². The number of imide groups is 1. The number of amides is 2. The van der Waals surface area contributed by atoms with Gasteiger partial charge in [-0.2, -0.15) is 0 Å². The van der Waals surface area contributed by atoms with E-state index in [1.54, 1.807) is 0 Å². The number of carbonyl (C=O) groups excluding carboxylic acids is 2. The highest BCUT2D eigenvalue weighted by Crippen LogP contribution is 2.23. The third kappa shape index (κ3) is 3.11. The van der Waals surface area contributed by atoms with Gasteiger partial charge >= 0.3 is 0 Å². The molecule has 4 N–H and O–H groups in total. The molecule has 10 heteroatoms. The van der Waals surface area contributed by atoms with E-state index in [4.69, 9.17) is 10.8 Å². The summed E-state index contributed by atoms with van der Waals surface area (Å²) in [4.78, 5) is 35.8. The van der Waals surface area contributed by atoms with Gasteiger partial charge in [0.25, 0.3) is 17.4 Å². The Morgan fingerprint density at radius 2 is 1.73 bits per heavy atom. The molecule has 9 nitrogen and oxygen atoms in total. The van der Waals surface area contributed by atoms with E-state index >= 15 is 0 Å². The van der Waals surface area contributed by atoms with Crippen LogP contribution in [0.1, 0.15) is 26.3 Å². The first kappa shape index (κ1) is 17.8. The maximum Gasteiger partial charge on any atom is 0.262 e. The molecule has 0 saturated carbocycles. The molecule has 1 aromatic heterocycles. The Kier molecular flexibility index (Phi) is 4.38. The molecule has 1 aliphatic rings. The third-order valence-electron chi connectivity index (χ3n) is 3.94. The van der Waals surface area contributed by atoms with Crippen molar-refractivity contribution < 1.29 is 23.1 Å². The molecule has 3 rings (SSSR count). The summed E-state index contributed by atoms with van der Waals surface area (Å²) in [6.07, 6.45) is 0. The molecule has 0 unspecified atom stereocenters. The average Bonchev–Trinajstić information content (AvgIpc) is 2.82. The lowest BCUT2D eigenvalue weighted by atomic mass is 10.1. The molecule has 0 spiro atoms. The zero-order chi connectivity index (χ0) is 19.1. The Bertz CT molecular complexity index is 1070. The van der Waals surface area contributed by atoms with Crippen molar-refractivity contribution in [3.05, 3.63) is 57.4 Å². The maximum atomic E-state index is 12.3. The van der Waals surface area contributed by atoms with Crippen molar-refractivity contribution in [2.24, 2.45) is 0 Å². The van der Waals surface area contributed by atoms with Gasteiger partial charge in [-0.15, -0.1) is 0 Å². The molecule has 1 aliphatic heterocycles. The van der Waals surface area contributed by atoms with Gasteiger partial charge in [0.15, 0.2) is 9.84 Å². The van der Waals surface area contributed by atoms with Gasteiger partial charge in [-0.3, -0.25) is 24.3 Å².